The summed E-state index contributed by atoms with van der Waals surface area (Å²) in [7, 11) is 0. The van der Waals surface area contributed by atoms with Gasteiger partial charge in [-0.2, -0.15) is 0 Å². The van der Waals surface area contributed by atoms with E-state index in [0.29, 0.717) is 0 Å². The number of hydrogen-bond acceptors (Lipinski definition) is 2. The van der Waals surface area contributed by atoms with E-state index in [9.17, 15) is 0 Å². The number of nitrogens with zero attached hydrogens (tertiary/aromatic N) is 1. The molecule has 1 rings (SSSR count). The number of ether oxygens (including phenoxy) is 1. The zero-order chi connectivity index (χ0) is 16.4. The van der Waals surface area contributed by atoms with Gasteiger partial charge in [-0.15, -0.1) is 0 Å². The van der Waals surface area contributed by atoms with Crippen LogP contribution in [0.25, 0.3) is 0 Å². The van der Waals surface area contributed by atoms with Gasteiger partial charge in [0.15, 0.2) is 0 Å². The van der Waals surface area contributed by atoms with E-state index in [0.717, 1.165) is 19.9 Å². The first-order valence-electron chi connectivity index (χ1n) is 10.4. The minimum atomic E-state index is 0.866. The van der Waals surface area contributed by atoms with Crippen molar-refractivity contribution in [2.45, 2.75) is 96.8 Å². The SMILES string of the molecule is CCCCCCCC/C=C\CCCCCCCCN1CCOC1. The van der Waals surface area contributed by atoms with E-state index < -0.39 is 0 Å². The number of rotatable bonds is 16. The number of unbranched alkanes of at least 4 members (excludes halogenated alkanes) is 12. The highest BCUT2D eigenvalue weighted by Crippen LogP contribution is 2.10. The van der Waals surface area contributed by atoms with Crippen LogP contribution in [0.2, 0.25) is 0 Å². The maximum Gasteiger partial charge on any atom is 0.0991 e. The van der Waals surface area contributed by atoms with E-state index >= 15 is 0 Å². The Labute approximate surface area is 145 Å². The van der Waals surface area contributed by atoms with Crippen molar-refractivity contribution in [1.82, 2.24) is 4.90 Å². The van der Waals surface area contributed by atoms with Gasteiger partial charge in [-0.3, -0.25) is 4.90 Å². The second-order valence-electron chi connectivity index (χ2n) is 7.09. The fourth-order valence-electron chi connectivity index (χ4n) is 3.21. The van der Waals surface area contributed by atoms with Gasteiger partial charge in [0.25, 0.3) is 0 Å². The van der Waals surface area contributed by atoms with Crippen LogP contribution in [-0.2, 0) is 4.74 Å². The molecule has 0 amide bonds. The smallest absolute Gasteiger partial charge is 0.0991 e. The van der Waals surface area contributed by atoms with Crippen molar-refractivity contribution in [2.75, 3.05) is 26.4 Å². The molecule has 1 fully saturated rings. The molecule has 0 bridgehead atoms. The van der Waals surface area contributed by atoms with Gasteiger partial charge in [0, 0.05) is 13.1 Å². The van der Waals surface area contributed by atoms with Crippen LogP contribution in [0.1, 0.15) is 96.8 Å². The van der Waals surface area contributed by atoms with E-state index in [2.05, 4.69) is 24.0 Å². The van der Waals surface area contributed by atoms with Gasteiger partial charge in [0.2, 0.25) is 0 Å². The first-order chi connectivity index (χ1) is 11.4. The largest absolute Gasteiger partial charge is 0.365 e. The average Bonchev–Trinajstić information content (AvgIpc) is 3.08. The van der Waals surface area contributed by atoms with Crippen molar-refractivity contribution < 1.29 is 4.74 Å². The molecule has 1 aliphatic heterocycles. The lowest BCUT2D eigenvalue weighted by Gasteiger charge is -2.11. The maximum absolute atomic E-state index is 5.36. The summed E-state index contributed by atoms with van der Waals surface area (Å²) in [5.41, 5.74) is 0. The summed E-state index contributed by atoms with van der Waals surface area (Å²) in [6, 6.07) is 0. The number of allylic oxidation sites excluding steroid dienone is 2. The third-order valence-corrected chi connectivity index (χ3v) is 4.81. The minimum Gasteiger partial charge on any atom is -0.365 e. The van der Waals surface area contributed by atoms with Crippen molar-refractivity contribution in [3.05, 3.63) is 12.2 Å². The monoisotopic (exact) mass is 323 g/mol. The molecule has 0 saturated carbocycles. The Hall–Kier alpha value is -0.340. The highest BCUT2D eigenvalue weighted by molar-refractivity contribution is 4.81. The molecule has 1 heterocycles. The summed E-state index contributed by atoms with van der Waals surface area (Å²) >= 11 is 0. The van der Waals surface area contributed by atoms with Crippen LogP contribution in [0.3, 0.4) is 0 Å². The van der Waals surface area contributed by atoms with Crippen LogP contribution in [0.15, 0.2) is 12.2 Å². The molecule has 0 aromatic heterocycles. The van der Waals surface area contributed by atoms with Crippen LogP contribution in [0.4, 0.5) is 0 Å². The summed E-state index contributed by atoms with van der Waals surface area (Å²) < 4.78 is 5.36. The zero-order valence-corrected chi connectivity index (χ0v) is 15.7. The first-order valence-corrected chi connectivity index (χ1v) is 10.4. The zero-order valence-electron chi connectivity index (χ0n) is 15.7. The lowest BCUT2D eigenvalue weighted by Crippen LogP contribution is -2.20. The second-order valence-corrected chi connectivity index (χ2v) is 7.09. The predicted molar refractivity (Wildman–Crippen MR) is 102 cm³/mol. The van der Waals surface area contributed by atoms with Crippen LogP contribution < -0.4 is 0 Å². The average molecular weight is 324 g/mol. The summed E-state index contributed by atoms with van der Waals surface area (Å²) in [6.45, 7) is 6.47. The van der Waals surface area contributed by atoms with Gasteiger partial charge >= 0.3 is 0 Å². The van der Waals surface area contributed by atoms with Crippen molar-refractivity contribution in [2.24, 2.45) is 0 Å². The van der Waals surface area contributed by atoms with Gasteiger partial charge in [-0.25, -0.2) is 0 Å². The minimum absolute atomic E-state index is 0.866. The summed E-state index contributed by atoms with van der Waals surface area (Å²) in [6.07, 6.45) is 24.3. The molecule has 0 radical (unpaired) electrons. The maximum atomic E-state index is 5.36. The van der Waals surface area contributed by atoms with Crippen LogP contribution >= 0.6 is 0 Å². The molecule has 0 atom stereocenters. The summed E-state index contributed by atoms with van der Waals surface area (Å²) in [5.74, 6) is 0. The van der Waals surface area contributed by atoms with Crippen LogP contribution in [-0.4, -0.2) is 31.3 Å². The molecule has 0 aromatic rings. The summed E-state index contributed by atoms with van der Waals surface area (Å²) in [5, 5.41) is 0. The first kappa shape index (κ1) is 20.7. The molecule has 2 heteroatoms. The Balaban J connectivity index is 1.69. The van der Waals surface area contributed by atoms with E-state index in [-0.39, 0.29) is 0 Å². The Morgan fingerprint density at radius 3 is 1.87 bits per heavy atom. The molecule has 0 aromatic carbocycles. The predicted octanol–water partition coefficient (Wildman–Crippen LogP) is 6.31. The normalized spacial score (nSPS) is 15.9. The highest BCUT2D eigenvalue weighted by atomic mass is 16.5. The molecule has 0 aliphatic carbocycles. The second kappa shape index (κ2) is 16.5. The van der Waals surface area contributed by atoms with E-state index in [1.54, 1.807) is 0 Å². The Morgan fingerprint density at radius 1 is 0.739 bits per heavy atom. The molecule has 1 saturated heterocycles. The van der Waals surface area contributed by atoms with Gasteiger partial charge in [0.05, 0.1) is 13.3 Å². The van der Waals surface area contributed by atoms with E-state index in [1.807, 2.05) is 0 Å². The third kappa shape index (κ3) is 13.8. The van der Waals surface area contributed by atoms with Crippen LogP contribution in [0.5, 0.6) is 0 Å². The topological polar surface area (TPSA) is 12.5 Å². The van der Waals surface area contributed by atoms with Gasteiger partial charge < -0.3 is 4.74 Å². The van der Waals surface area contributed by atoms with Crippen molar-refractivity contribution >= 4 is 0 Å². The molecular weight excluding hydrogens is 282 g/mol. The van der Waals surface area contributed by atoms with Gasteiger partial charge in [-0.1, -0.05) is 76.9 Å². The van der Waals surface area contributed by atoms with Gasteiger partial charge in [-0.05, 0) is 32.1 Å². The molecule has 136 valence electrons. The Bertz CT molecular complexity index is 259. The fourth-order valence-corrected chi connectivity index (χ4v) is 3.21. The lowest BCUT2D eigenvalue weighted by molar-refractivity contribution is 0.139. The fraction of sp³-hybridized carbons (Fsp3) is 0.905. The molecule has 0 N–H and O–H groups in total. The molecule has 1 aliphatic rings. The van der Waals surface area contributed by atoms with E-state index in [4.69, 9.17) is 4.74 Å². The van der Waals surface area contributed by atoms with Crippen molar-refractivity contribution in [3.8, 4) is 0 Å². The molecular formula is C21H41NO. The lowest BCUT2D eigenvalue weighted by atomic mass is 10.1. The third-order valence-electron chi connectivity index (χ3n) is 4.81. The standard InChI is InChI=1S/C21H41NO/c1-2-3-4-5-6-7-8-9-10-11-12-13-14-15-16-17-18-22-19-20-23-21-22/h9-10H,2-8,11-21H2,1H3/b10-9-. The van der Waals surface area contributed by atoms with Crippen LogP contribution in [0, 0.1) is 0 Å². The summed E-state index contributed by atoms with van der Waals surface area (Å²) in [4.78, 5) is 2.43. The number of hydrogen-bond donors (Lipinski definition) is 0. The molecule has 0 spiro atoms. The van der Waals surface area contributed by atoms with Crippen molar-refractivity contribution in [3.63, 3.8) is 0 Å². The van der Waals surface area contributed by atoms with Crippen molar-refractivity contribution in [1.29, 1.82) is 0 Å². The Kier molecular flexibility index (Phi) is 14.9. The Morgan fingerprint density at radius 2 is 1.30 bits per heavy atom. The molecule has 23 heavy (non-hydrogen) atoms. The molecule has 0 unspecified atom stereocenters. The van der Waals surface area contributed by atoms with Gasteiger partial charge in [0.1, 0.15) is 0 Å². The quantitative estimate of drug-likeness (QED) is 0.244. The highest BCUT2D eigenvalue weighted by Gasteiger charge is 2.10. The molecule has 2 nitrogen and oxygen atoms in total. The van der Waals surface area contributed by atoms with E-state index in [1.165, 1.54) is 96.4 Å².